The molecule has 0 spiro atoms. The number of methoxy groups -OCH3 is 1. The third-order valence-electron chi connectivity index (χ3n) is 4.37. The Hall–Kier alpha value is -1.39. The lowest BCUT2D eigenvalue weighted by molar-refractivity contribution is -0.136. The summed E-state index contributed by atoms with van der Waals surface area (Å²) in [6.45, 7) is 6.10. The molecular formula is C17H26N2O2. The largest absolute Gasteiger partial charge is 0.383 e. The van der Waals surface area contributed by atoms with Crippen LogP contribution in [0.2, 0.25) is 0 Å². The van der Waals surface area contributed by atoms with Crippen molar-refractivity contribution in [3.8, 4) is 0 Å². The number of hydrogen-bond acceptors (Lipinski definition) is 3. The molecule has 1 unspecified atom stereocenters. The molecule has 2 rings (SSSR count). The van der Waals surface area contributed by atoms with E-state index in [1.807, 2.05) is 11.0 Å². The monoisotopic (exact) mass is 290 g/mol. The molecule has 1 aliphatic heterocycles. The van der Waals surface area contributed by atoms with Crippen LogP contribution in [0.15, 0.2) is 18.2 Å². The van der Waals surface area contributed by atoms with Crippen LogP contribution in [0.25, 0.3) is 0 Å². The van der Waals surface area contributed by atoms with Gasteiger partial charge in [-0.25, -0.2) is 0 Å². The first kappa shape index (κ1) is 16.0. The standard InChI is InChI=1S/C17H26N2O2/c1-4-12(5-2)17(20)19-9-14-7-6-13(8-15(14)10-19)16(18)11-21-3/h6-8,12,16H,4-5,9-11,18H2,1-3H3. The first-order valence-corrected chi connectivity index (χ1v) is 7.75. The van der Waals surface area contributed by atoms with E-state index in [4.69, 9.17) is 10.5 Å². The molecule has 0 aliphatic carbocycles. The molecule has 1 amide bonds. The van der Waals surface area contributed by atoms with Gasteiger partial charge in [-0.05, 0) is 29.5 Å². The third kappa shape index (κ3) is 3.44. The highest BCUT2D eigenvalue weighted by Gasteiger charge is 2.27. The molecule has 1 atom stereocenters. The second-order valence-corrected chi connectivity index (χ2v) is 5.80. The summed E-state index contributed by atoms with van der Waals surface area (Å²) in [4.78, 5) is 14.4. The zero-order chi connectivity index (χ0) is 15.4. The molecule has 1 aromatic carbocycles. The molecule has 116 valence electrons. The molecule has 0 bridgehead atoms. The van der Waals surface area contributed by atoms with Crippen molar-refractivity contribution < 1.29 is 9.53 Å². The van der Waals surface area contributed by atoms with E-state index >= 15 is 0 Å². The minimum absolute atomic E-state index is 0.107. The number of fused-ring (bicyclic) bond motifs is 1. The van der Waals surface area contributed by atoms with E-state index < -0.39 is 0 Å². The molecule has 2 N–H and O–H groups in total. The summed E-state index contributed by atoms with van der Waals surface area (Å²) in [7, 11) is 1.66. The van der Waals surface area contributed by atoms with Crippen molar-refractivity contribution in [2.24, 2.45) is 11.7 Å². The molecule has 1 aliphatic rings. The van der Waals surface area contributed by atoms with E-state index in [1.54, 1.807) is 7.11 Å². The van der Waals surface area contributed by atoms with Crippen molar-refractivity contribution >= 4 is 5.91 Å². The van der Waals surface area contributed by atoms with E-state index in [2.05, 4.69) is 26.0 Å². The van der Waals surface area contributed by atoms with Crippen LogP contribution in [0.1, 0.15) is 49.4 Å². The van der Waals surface area contributed by atoms with Gasteiger partial charge in [0.1, 0.15) is 0 Å². The molecule has 0 saturated heterocycles. The Morgan fingerprint density at radius 1 is 1.29 bits per heavy atom. The van der Waals surface area contributed by atoms with Crippen molar-refractivity contribution in [2.75, 3.05) is 13.7 Å². The van der Waals surface area contributed by atoms with Crippen LogP contribution in [0.5, 0.6) is 0 Å². The van der Waals surface area contributed by atoms with Crippen molar-refractivity contribution in [3.63, 3.8) is 0 Å². The maximum absolute atomic E-state index is 12.5. The fourth-order valence-corrected chi connectivity index (χ4v) is 2.97. The summed E-state index contributed by atoms with van der Waals surface area (Å²) in [5.74, 6) is 0.425. The van der Waals surface area contributed by atoms with Gasteiger partial charge in [-0.15, -0.1) is 0 Å². The lowest BCUT2D eigenvalue weighted by Gasteiger charge is -2.21. The van der Waals surface area contributed by atoms with Gasteiger partial charge in [0.05, 0.1) is 12.6 Å². The summed E-state index contributed by atoms with van der Waals surface area (Å²) in [5, 5.41) is 0. The second kappa shape index (κ2) is 7.05. The summed E-state index contributed by atoms with van der Waals surface area (Å²) < 4.78 is 5.11. The average molecular weight is 290 g/mol. The molecule has 4 nitrogen and oxygen atoms in total. The van der Waals surface area contributed by atoms with Gasteiger partial charge in [-0.3, -0.25) is 4.79 Å². The van der Waals surface area contributed by atoms with E-state index in [-0.39, 0.29) is 17.9 Å². The minimum Gasteiger partial charge on any atom is -0.383 e. The fraction of sp³-hybridized carbons (Fsp3) is 0.588. The summed E-state index contributed by atoms with van der Waals surface area (Å²) in [6, 6.07) is 6.16. The molecule has 0 saturated carbocycles. The average Bonchev–Trinajstić information content (AvgIpc) is 2.91. The van der Waals surface area contributed by atoms with E-state index in [9.17, 15) is 4.79 Å². The highest BCUT2D eigenvalue weighted by atomic mass is 16.5. The number of amides is 1. The normalized spacial score (nSPS) is 15.4. The van der Waals surface area contributed by atoms with Gasteiger partial charge in [0.15, 0.2) is 0 Å². The Kier molecular flexibility index (Phi) is 5.37. The number of nitrogens with zero attached hydrogens (tertiary/aromatic N) is 1. The van der Waals surface area contributed by atoms with Gasteiger partial charge in [-0.1, -0.05) is 32.0 Å². The zero-order valence-electron chi connectivity index (χ0n) is 13.3. The van der Waals surface area contributed by atoms with Gasteiger partial charge in [-0.2, -0.15) is 0 Å². The SMILES string of the molecule is CCC(CC)C(=O)N1Cc2ccc(C(N)COC)cc2C1. The summed E-state index contributed by atoms with van der Waals surface area (Å²) in [6.07, 6.45) is 1.82. The van der Waals surface area contributed by atoms with Crippen LogP contribution in [-0.2, 0) is 22.6 Å². The van der Waals surface area contributed by atoms with Crippen LogP contribution in [0.3, 0.4) is 0 Å². The van der Waals surface area contributed by atoms with Crippen LogP contribution in [0.4, 0.5) is 0 Å². The zero-order valence-corrected chi connectivity index (χ0v) is 13.3. The molecule has 1 heterocycles. The first-order chi connectivity index (χ1) is 10.1. The van der Waals surface area contributed by atoms with Crippen LogP contribution < -0.4 is 5.73 Å². The molecule has 0 radical (unpaired) electrons. The van der Waals surface area contributed by atoms with Gasteiger partial charge < -0.3 is 15.4 Å². The molecule has 21 heavy (non-hydrogen) atoms. The minimum atomic E-state index is -0.107. The first-order valence-electron chi connectivity index (χ1n) is 7.75. The van der Waals surface area contributed by atoms with Crippen molar-refractivity contribution in [1.29, 1.82) is 0 Å². The molecule has 0 aromatic heterocycles. The molecule has 0 fully saturated rings. The second-order valence-electron chi connectivity index (χ2n) is 5.80. The third-order valence-corrected chi connectivity index (χ3v) is 4.37. The van der Waals surface area contributed by atoms with Crippen molar-refractivity contribution in [1.82, 2.24) is 4.90 Å². The highest BCUT2D eigenvalue weighted by molar-refractivity contribution is 5.79. The Morgan fingerprint density at radius 3 is 2.57 bits per heavy atom. The smallest absolute Gasteiger partial charge is 0.226 e. The van der Waals surface area contributed by atoms with Crippen LogP contribution >= 0.6 is 0 Å². The maximum Gasteiger partial charge on any atom is 0.226 e. The van der Waals surface area contributed by atoms with Crippen molar-refractivity contribution in [2.45, 2.75) is 45.8 Å². The van der Waals surface area contributed by atoms with Gasteiger partial charge in [0, 0.05) is 26.1 Å². The van der Waals surface area contributed by atoms with E-state index in [0.717, 1.165) is 24.9 Å². The number of rotatable bonds is 6. The fourth-order valence-electron chi connectivity index (χ4n) is 2.97. The Morgan fingerprint density at radius 2 is 1.95 bits per heavy atom. The summed E-state index contributed by atoms with van der Waals surface area (Å²) >= 11 is 0. The van der Waals surface area contributed by atoms with Gasteiger partial charge in [0.2, 0.25) is 5.91 Å². The Balaban J connectivity index is 2.10. The number of benzene rings is 1. The predicted octanol–water partition coefficient (Wildman–Crippen LogP) is 2.61. The number of carbonyl (C=O) groups is 1. The number of carbonyl (C=O) groups excluding carboxylic acids is 1. The highest BCUT2D eigenvalue weighted by Crippen LogP contribution is 2.27. The van der Waals surface area contributed by atoms with Gasteiger partial charge in [0.25, 0.3) is 0 Å². The quantitative estimate of drug-likeness (QED) is 0.876. The van der Waals surface area contributed by atoms with Gasteiger partial charge >= 0.3 is 0 Å². The lowest BCUT2D eigenvalue weighted by atomic mass is 10.0. The van der Waals surface area contributed by atoms with Crippen LogP contribution in [0, 0.1) is 5.92 Å². The summed E-state index contributed by atoms with van der Waals surface area (Å²) in [5.41, 5.74) is 9.62. The molecule has 4 heteroatoms. The predicted molar refractivity (Wildman–Crippen MR) is 83.6 cm³/mol. The number of hydrogen-bond donors (Lipinski definition) is 1. The Labute approximate surface area is 127 Å². The lowest BCUT2D eigenvalue weighted by Crippen LogP contribution is -2.31. The topological polar surface area (TPSA) is 55.6 Å². The molecule has 1 aromatic rings. The van der Waals surface area contributed by atoms with E-state index in [0.29, 0.717) is 13.2 Å². The number of nitrogens with two attached hydrogens (primary N) is 1. The maximum atomic E-state index is 12.5. The van der Waals surface area contributed by atoms with Crippen molar-refractivity contribution in [3.05, 3.63) is 34.9 Å². The number of ether oxygens (including phenoxy) is 1. The molecular weight excluding hydrogens is 264 g/mol. The van der Waals surface area contributed by atoms with E-state index in [1.165, 1.54) is 11.1 Å². The Bertz CT molecular complexity index is 498. The van der Waals surface area contributed by atoms with Crippen LogP contribution in [-0.4, -0.2) is 24.5 Å².